The summed E-state index contributed by atoms with van der Waals surface area (Å²) in [5.41, 5.74) is 2.31. The Kier molecular flexibility index (Phi) is 3.99. The monoisotopic (exact) mass is 389 g/mol. The Labute approximate surface area is 156 Å². The number of ether oxygens (including phenoxy) is 1. The van der Waals surface area contributed by atoms with Crippen LogP contribution >= 0.6 is 11.3 Å². The van der Waals surface area contributed by atoms with Crippen molar-refractivity contribution in [3.05, 3.63) is 30.0 Å². The van der Waals surface area contributed by atoms with Gasteiger partial charge < -0.3 is 24.3 Å². The maximum atomic E-state index is 13.8. The highest BCUT2D eigenvalue weighted by Crippen LogP contribution is 2.32. The molecule has 0 radical (unpaired) electrons. The Bertz CT molecular complexity index is 1190. The van der Waals surface area contributed by atoms with Crippen LogP contribution in [0.25, 0.3) is 21.4 Å². The summed E-state index contributed by atoms with van der Waals surface area (Å²) < 4.78 is 22.7. The van der Waals surface area contributed by atoms with Gasteiger partial charge in [-0.2, -0.15) is 0 Å². The zero-order valence-corrected chi connectivity index (χ0v) is 15.6. The van der Waals surface area contributed by atoms with Crippen molar-refractivity contribution < 1.29 is 19.0 Å². The van der Waals surface area contributed by atoms with Crippen LogP contribution in [0.3, 0.4) is 0 Å². The van der Waals surface area contributed by atoms with Crippen LogP contribution in [0.1, 0.15) is 5.69 Å². The first-order chi connectivity index (χ1) is 12.9. The van der Waals surface area contributed by atoms with Gasteiger partial charge in [0.05, 0.1) is 29.3 Å². The topological polar surface area (TPSA) is 94.2 Å². The van der Waals surface area contributed by atoms with Crippen LogP contribution in [0.4, 0.5) is 9.52 Å². The second kappa shape index (κ2) is 6.23. The van der Waals surface area contributed by atoms with E-state index < -0.39 is 5.82 Å². The molecule has 0 aliphatic rings. The minimum Gasteiger partial charge on any atom is -0.504 e. The maximum Gasteiger partial charge on any atom is 0.246 e. The Hall–Kier alpha value is -3.14. The number of nitrogens with one attached hydrogen (secondary N) is 1. The van der Waals surface area contributed by atoms with Crippen molar-refractivity contribution in [2.45, 2.75) is 13.5 Å². The molecule has 0 saturated carbocycles. The third-order valence-electron chi connectivity index (χ3n) is 4.43. The standard InChI is InChI=1S/C17H16FN5O3S/c1-8-15(25)14-16(22(8)2)19-7-23(14)6-13(24)21-17-20-10-5-11(26-3)9(18)4-12(10)27-17/h4-5,7,25H,6H2,1-3H3,(H,20,21,24). The summed E-state index contributed by atoms with van der Waals surface area (Å²) in [7, 11) is 3.18. The van der Waals surface area contributed by atoms with E-state index in [0.29, 0.717) is 32.2 Å². The van der Waals surface area contributed by atoms with E-state index in [9.17, 15) is 14.3 Å². The fraction of sp³-hybridized carbons (Fsp3) is 0.235. The van der Waals surface area contributed by atoms with Crippen LogP contribution in [0.5, 0.6) is 11.5 Å². The van der Waals surface area contributed by atoms with Crippen molar-refractivity contribution in [3.63, 3.8) is 0 Å². The lowest BCUT2D eigenvalue weighted by molar-refractivity contribution is -0.116. The number of halogens is 1. The number of amides is 1. The van der Waals surface area contributed by atoms with Crippen molar-refractivity contribution in [2.75, 3.05) is 12.4 Å². The van der Waals surface area contributed by atoms with Gasteiger partial charge in [0.2, 0.25) is 5.91 Å². The van der Waals surface area contributed by atoms with Crippen LogP contribution in [0, 0.1) is 12.7 Å². The SMILES string of the molecule is COc1cc2nc(NC(=O)Cn3cnc4c3c(O)c(C)n4C)sc2cc1F. The summed E-state index contributed by atoms with van der Waals surface area (Å²) in [6, 6.07) is 2.81. The molecule has 4 aromatic rings. The molecule has 0 aliphatic heterocycles. The first kappa shape index (κ1) is 17.3. The molecule has 0 bridgehead atoms. The van der Waals surface area contributed by atoms with Crippen molar-refractivity contribution in [2.24, 2.45) is 7.05 Å². The summed E-state index contributed by atoms with van der Waals surface area (Å²) in [6.45, 7) is 1.73. The number of thiazole rings is 1. The summed E-state index contributed by atoms with van der Waals surface area (Å²) in [5.74, 6) is -0.620. The van der Waals surface area contributed by atoms with E-state index in [1.54, 1.807) is 23.1 Å². The Morgan fingerprint density at radius 3 is 2.96 bits per heavy atom. The highest BCUT2D eigenvalue weighted by molar-refractivity contribution is 7.22. The molecule has 0 aliphatic carbocycles. The molecule has 10 heteroatoms. The number of aromatic nitrogens is 4. The first-order valence-corrected chi connectivity index (χ1v) is 8.83. The van der Waals surface area contributed by atoms with Crippen LogP contribution in [-0.2, 0) is 18.4 Å². The fourth-order valence-electron chi connectivity index (χ4n) is 2.92. The van der Waals surface area contributed by atoms with E-state index in [0.717, 1.165) is 0 Å². The minimum absolute atomic E-state index is 0.0406. The highest BCUT2D eigenvalue weighted by Gasteiger charge is 2.18. The van der Waals surface area contributed by atoms with Crippen LogP contribution < -0.4 is 10.1 Å². The van der Waals surface area contributed by atoms with Gasteiger partial charge in [0.15, 0.2) is 28.1 Å². The summed E-state index contributed by atoms with van der Waals surface area (Å²) >= 11 is 1.17. The smallest absolute Gasteiger partial charge is 0.246 e. The second-order valence-corrected chi connectivity index (χ2v) is 7.09. The van der Waals surface area contributed by atoms with Gasteiger partial charge in [-0.15, -0.1) is 0 Å². The summed E-state index contributed by atoms with van der Waals surface area (Å²) in [5, 5.41) is 13.3. The van der Waals surface area contributed by atoms with Gasteiger partial charge >= 0.3 is 0 Å². The van der Waals surface area contributed by atoms with Gasteiger partial charge in [-0.3, -0.25) is 4.79 Å². The lowest BCUT2D eigenvalue weighted by Gasteiger charge is -2.03. The molecule has 0 atom stereocenters. The van der Waals surface area contributed by atoms with Crippen molar-refractivity contribution in [1.82, 2.24) is 19.1 Å². The molecular weight excluding hydrogens is 373 g/mol. The Morgan fingerprint density at radius 2 is 2.22 bits per heavy atom. The zero-order valence-electron chi connectivity index (χ0n) is 14.8. The number of hydrogen-bond acceptors (Lipinski definition) is 6. The third-order valence-corrected chi connectivity index (χ3v) is 5.36. The van der Waals surface area contributed by atoms with E-state index in [-0.39, 0.29) is 24.0 Å². The van der Waals surface area contributed by atoms with Gasteiger partial charge in [0.25, 0.3) is 0 Å². The number of imidazole rings is 1. The number of nitrogens with zero attached hydrogens (tertiary/aromatic N) is 4. The quantitative estimate of drug-likeness (QED) is 0.560. The lowest BCUT2D eigenvalue weighted by atomic mass is 10.3. The minimum atomic E-state index is -0.484. The molecule has 0 fully saturated rings. The second-order valence-electron chi connectivity index (χ2n) is 6.06. The molecule has 4 rings (SSSR count). The van der Waals surface area contributed by atoms with E-state index in [2.05, 4.69) is 15.3 Å². The van der Waals surface area contributed by atoms with Crippen LogP contribution in [0.15, 0.2) is 18.5 Å². The molecule has 3 heterocycles. The van der Waals surface area contributed by atoms with Gasteiger partial charge in [-0.05, 0) is 13.0 Å². The third kappa shape index (κ3) is 2.78. The number of benzene rings is 1. The van der Waals surface area contributed by atoms with Gasteiger partial charge in [-0.25, -0.2) is 14.4 Å². The zero-order chi connectivity index (χ0) is 19.3. The fourth-order valence-corrected chi connectivity index (χ4v) is 3.81. The Morgan fingerprint density at radius 1 is 1.44 bits per heavy atom. The number of anilines is 1. The lowest BCUT2D eigenvalue weighted by Crippen LogP contribution is -2.18. The molecule has 2 N–H and O–H groups in total. The van der Waals surface area contributed by atoms with Crippen LogP contribution in [0.2, 0.25) is 0 Å². The summed E-state index contributed by atoms with van der Waals surface area (Å²) in [6.07, 6.45) is 1.50. The molecule has 8 nitrogen and oxygen atoms in total. The highest BCUT2D eigenvalue weighted by atomic mass is 32.1. The average Bonchev–Trinajstić information content (AvgIpc) is 3.26. The molecule has 1 aromatic carbocycles. The first-order valence-electron chi connectivity index (χ1n) is 8.02. The Balaban J connectivity index is 1.58. The number of carbonyl (C=O) groups excluding carboxylic acids is 1. The molecule has 0 spiro atoms. The van der Waals surface area contributed by atoms with Gasteiger partial charge in [0.1, 0.15) is 12.1 Å². The van der Waals surface area contributed by atoms with Crippen molar-refractivity contribution in [3.8, 4) is 11.5 Å². The molecular formula is C17H16FN5O3S. The summed E-state index contributed by atoms with van der Waals surface area (Å²) in [4.78, 5) is 20.9. The maximum absolute atomic E-state index is 13.8. The molecule has 0 saturated heterocycles. The number of aromatic hydroxyl groups is 1. The number of methoxy groups -OCH3 is 1. The largest absolute Gasteiger partial charge is 0.504 e. The van der Waals surface area contributed by atoms with E-state index in [1.165, 1.54) is 36.9 Å². The number of hydrogen-bond donors (Lipinski definition) is 2. The predicted molar refractivity (Wildman–Crippen MR) is 99.9 cm³/mol. The van der Waals surface area contributed by atoms with Crippen molar-refractivity contribution >= 4 is 43.8 Å². The molecule has 0 unspecified atom stereocenters. The van der Waals surface area contributed by atoms with Crippen molar-refractivity contribution in [1.29, 1.82) is 0 Å². The molecule has 3 aromatic heterocycles. The van der Waals surface area contributed by atoms with Crippen LogP contribution in [-0.4, -0.2) is 37.2 Å². The molecule has 140 valence electrons. The number of aryl methyl sites for hydroxylation is 1. The number of fused-ring (bicyclic) bond motifs is 2. The predicted octanol–water partition coefficient (Wildman–Crippen LogP) is 2.78. The molecule has 1 amide bonds. The normalized spacial score (nSPS) is 11.4. The average molecular weight is 389 g/mol. The van der Waals surface area contributed by atoms with Gasteiger partial charge in [-0.1, -0.05) is 11.3 Å². The number of rotatable bonds is 4. The van der Waals surface area contributed by atoms with E-state index >= 15 is 0 Å². The van der Waals surface area contributed by atoms with E-state index in [4.69, 9.17) is 4.74 Å². The number of carbonyl (C=O) groups is 1. The van der Waals surface area contributed by atoms with E-state index in [1.807, 2.05) is 0 Å². The molecule has 27 heavy (non-hydrogen) atoms. The van der Waals surface area contributed by atoms with Gasteiger partial charge in [0, 0.05) is 13.1 Å².